The number of nitrogens with zero attached hydrogens (tertiary/aromatic N) is 4. The highest BCUT2D eigenvalue weighted by Crippen LogP contribution is 2.66. The molecule has 3 saturated heterocycles. The van der Waals surface area contributed by atoms with Crippen LogP contribution in [0, 0.1) is 5.41 Å². The zero-order valence-electron chi connectivity index (χ0n) is 31.0. The highest BCUT2D eigenvalue weighted by Gasteiger charge is 2.66. The topological polar surface area (TPSA) is 130 Å². The molecule has 4 atom stereocenters. The van der Waals surface area contributed by atoms with Gasteiger partial charge in [0.2, 0.25) is 5.91 Å². The van der Waals surface area contributed by atoms with E-state index in [2.05, 4.69) is 21.4 Å². The molecule has 2 saturated carbocycles. The minimum atomic E-state index is -3.93. The first-order valence-electron chi connectivity index (χ1n) is 19.3. The van der Waals surface area contributed by atoms with E-state index in [1.54, 1.807) is 18.1 Å². The molecule has 2 aliphatic carbocycles. The second-order valence-electron chi connectivity index (χ2n) is 17.1. The summed E-state index contributed by atoms with van der Waals surface area (Å²) in [5.74, 6) is 0.485. The maximum Gasteiger partial charge on any atom is 0.410 e. The van der Waals surface area contributed by atoms with Crippen molar-refractivity contribution < 1.29 is 32.3 Å². The lowest BCUT2D eigenvalue weighted by atomic mass is 9.81. The highest BCUT2D eigenvalue weighted by molar-refractivity contribution is 7.87. The molecule has 6 aliphatic rings. The summed E-state index contributed by atoms with van der Waals surface area (Å²) in [7, 11) is -2.26. The van der Waals surface area contributed by atoms with Gasteiger partial charge in [0.1, 0.15) is 11.4 Å². The van der Waals surface area contributed by atoms with Crippen LogP contribution >= 0.6 is 0 Å². The second kappa shape index (κ2) is 12.2. The first-order chi connectivity index (χ1) is 25.3. The fourth-order valence-electron chi connectivity index (χ4n) is 9.94. The smallest absolute Gasteiger partial charge is 0.410 e. The minimum absolute atomic E-state index is 0.0245. The van der Waals surface area contributed by atoms with Gasteiger partial charge in [-0.05, 0) is 100 Å². The minimum Gasteiger partial charge on any atom is -0.497 e. The van der Waals surface area contributed by atoms with Gasteiger partial charge in [-0.2, -0.15) is 12.7 Å². The lowest BCUT2D eigenvalue weighted by Gasteiger charge is -2.37. The summed E-state index contributed by atoms with van der Waals surface area (Å²) in [5.41, 5.74) is 4.33. The first kappa shape index (κ1) is 34.7. The highest BCUT2D eigenvalue weighted by atomic mass is 32.2. The number of methoxy groups -OCH3 is 1. The lowest BCUT2D eigenvalue weighted by molar-refractivity contribution is -0.140. The molecule has 0 spiro atoms. The fourth-order valence-corrected chi connectivity index (χ4v) is 11.2. The Labute approximate surface area is 310 Å². The Bertz CT molecular complexity index is 2150. The Hall–Kier alpha value is -4.10. The molecule has 2 aromatic carbocycles. The van der Waals surface area contributed by atoms with Crippen molar-refractivity contribution in [3.8, 4) is 17.0 Å². The molecule has 12 nitrogen and oxygen atoms in total. The van der Waals surface area contributed by atoms with E-state index in [9.17, 15) is 18.0 Å². The van der Waals surface area contributed by atoms with E-state index in [1.165, 1.54) is 16.3 Å². The van der Waals surface area contributed by atoms with Crippen molar-refractivity contribution in [1.29, 1.82) is 0 Å². The predicted molar refractivity (Wildman–Crippen MR) is 199 cm³/mol. The summed E-state index contributed by atoms with van der Waals surface area (Å²) in [6.07, 6.45) is 7.48. The van der Waals surface area contributed by atoms with E-state index in [0.717, 1.165) is 72.0 Å². The number of carbonyl (C=O) groups excluding carboxylic acids is 3. The Balaban J connectivity index is 1.13. The van der Waals surface area contributed by atoms with Crippen LogP contribution in [0.2, 0.25) is 0 Å². The number of nitrogens with one attached hydrogen (secondary N) is 1. The molecule has 3 amide bonds. The molecule has 5 fully saturated rings. The van der Waals surface area contributed by atoms with Gasteiger partial charge in [-0.25, -0.2) is 9.52 Å². The molecule has 2 unspecified atom stereocenters. The summed E-state index contributed by atoms with van der Waals surface area (Å²) >= 11 is 0. The van der Waals surface area contributed by atoms with Crippen LogP contribution in [0.1, 0.15) is 105 Å². The van der Waals surface area contributed by atoms with E-state index in [4.69, 9.17) is 9.47 Å². The number of amides is 3. The van der Waals surface area contributed by atoms with Gasteiger partial charge in [0, 0.05) is 60.7 Å². The number of piperazine rings is 1. The van der Waals surface area contributed by atoms with E-state index >= 15 is 4.79 Å². The normalized spacial score (nSPS) is 26.7. The molecule has 5 heterocycles. The van der Waals surface area contributed by atoms with Gasteiger partial charge in [0.25, 0.3) is 5.91 Å². The largest absolute Gasteiger partial charge is 0.497 e. The lowest BCUT2D eigenvalue weighted by Crippen LogP contribution is -2.53. The number of hydrogen-bond donors (Lipinski definition) is 1. The molecule has 13 heteroatoms. The SMILES string of the molecule is COc1ccc2c(c1)C1CC1(C(=O)N1C[C@@H]3C[C@H]1CN3C(=O)OC(C)(C)C)Cn1c-2c(C2CCCCC2)c2ccc(C(=O)NS(=O)(=O)N3CCC3)cc21. The van der Waals surface area contributed by atoms with E-state index in [0.29, 0.717) is 45.1 Å². The van der Waals surface area contributed by atoms with E-state index < -0.39 is 27.1 Å². The predicted octanol–water partition coefficient (Wildman–Crippen LogP) is 5.75. The number of ether oxygens (including phenoxy) is 2. The molecule has 9 rings (SSSR count). The third-order valence-electron chi connectivity index (χ3n) is 12.7. The Kier molecular flexibility index (Phi) is 7.98. The monoisotopic (exact) mass is 743 g/mol. The number of carbonyl (C=O) groups is 3. The summed E-state index contributed by atoms with van der Waals surface area (Å²) < 4.78 is 43.1. The van der Waals surface area contributed by atoms with Crippen LogP contribution in [0.4, 0.5) is 4.79 Å². The van der Waals surface area contributed by atoms with Crippen LogP contribution in [-0.4, -0.2) is 96.0 Å². The molecule has 4 aliphatic heterocycles. The average Bonchev–Trinajstić information content (AvgIpc) is 3.33. The third kappa shape index (κ3) is 5.63. The maximum atomic E-state index is 15.1. The second-order valence-corrected chi connectivity index (χ2v) is 18.8. The maximum absolute atomic E-state index is 15.1. The standard InChI is InChI=1S/C40H49N5O7S/c1-39(2,3)52-38(48)44-22-26-18-27(44)21-43(26)37(47)40-20-32(40)31-19-28(51-4)12-14-29(31)35-34(24-9-6-5-7-10-24)30-13-11-25(17-33(30)45(35)23-40)36(46)41-53(49,50)42-15-8-16-42/h11-14,17,19,24,26-27,32H,5-10,15-16,18,20-23H2,1-4H3,(H,41,46)/t26-,27-,32?,40?/m0/s1. The van der Waals surface area contributed by atoms with Gasteiger partial charge in [-0.3, -0.25) is 9.59 Å². The van der Waals surface area contributed by atoms with Gasteiger partial charge in [-0.15, -0.1) is 0 Å². The van der Waals surface area contributed by atoms with Crippen molar-refractivity contribution in [1.82, 2.24) is 23.4 Å². The van der Waals surface area contributed by atoms with Gasteiger partial charge >= 0.3 is 16.3 Å². The van der Waals surface area contributed by atoms with Crippen LogP contribution < -0.4 is 9.46 Å². The first-order valence-corrected chi connectivity index (χ1v) is 20.7. The number of fused-ring (bicyclic) bond motifs is 9. The molecule has 0 radical (unpaired) electrons. The van der Waals surface area contributed by atoms with Crippen molar-refractivity contribution >= 4 is 39.0 Å². The third-order valence-corrected chi connectivity index (χ3v) is 14.2. The summed E-state index contributed by atoms with van der Waals surface area (Å²) in [6.45, 7) is 7.77. The Morgan fingerprint density at radius 1 is 0.925 bits per heavy atom. The Morgan fingerprint density at radius 3 is 2.32 bits per heavy atom. The quantitative estimate of drug-likeness (QED) is 0.340. The molecule has 1 N–H and O–H groups in total. The van der Waals surface area contributed by atoms with Crippen LogP contribution in [0.5, 0.6) is 5.75 Å². The van der Waals surface area contributed by atoms with Gasteiger partial charge < -0.3 is 23.8 Å². The van der Waals surface area contributed by atoms with Gasteiger partial charge in [-0.1, -0.05) is 25.3 Å². The van der Waals surface area contributed by atoms with Crippen molar-refractivity contribution in [2.45, 2.75) is 108 Å². The number of rotatable bonds is 6. The fraction of sp³-hybridized carbons (Fsp3) is 0.575. The van der Waals surface area contributed by atoms with Gasteiger partial charge in [0.05, 0.1) is 30.3 Å². The Morgan fingerprint density at radius 2 is 1.66 bits per heavy atom. The van der Waals surface area contributed by atoms with Crippen molar-refractivity contribution in [2.75, 3.05) is 33.3 Å². The van der Waals surface area contributed by atoms with Crippen LogP contribution in [0.3, 0.4) is 0 Å². The summed E-state index contributed by atoms with van der Waals surface area (Å²) in [4.78, 5) is 45.5. The summed E-state index contributed by atoms with van der Waals surface area (Å²) in [5, 5.41) is 1.05. The van der Waals surface area contributed by atoms with Gasteiger partial charge in [0.15, 0.2) is 0 Å². The van der Waals surface area contributed by atoms with E-state index in [-0.39, 0.29) is 35.6 Å². The molecule has 3 aromatic rings. The van der Waals surface area contributed by atoms with Crippen molar-refractivity contribution in [2.24, 2.45) is 5.41 Å². The number of hydrogen-bond acceptors (Lipinski definition) is 7. The van der Waals surface area contributed by atoms with Crippen LogP contribution in [0.25, 0.3) is 22.2 Å². The molecule has 1 aromatic heterocycles. The number of benzene rings is 2. The van der Waals surface area contributed by atoms with E-state index in [1.807, 2.05) is 43.9 Å². The van der Waals surface area contributed by atoms with Crippen molar-refractivity contribution in [3.63, 3.8) is 0 Å². The number of likely N-dealkylation sites (tertiary alicyclic amines) is 2. The molecule has 53 heavy (non-hydrogen) atoms. The summed E-state index contributed by atoms with van der Waals surface area (Å²) in [6, 6.07) is 11.6. The zero-order chi connectivity index (χ0) is 37.0. The van der Waals surface area contributed by atoms with Crippen LogP contribution in [-0.2, 0) is 26.3 Å². The molecular formula is C40H49N5O7S. The molecular weight excluding hydrogens is 695 g/mol. The van der Waals surface area contributed by atoms with Crippen molar-refractivity contribution in [3.05, 3.63) is 53.1 Å². The average molecular weight is 744 g/mol. The zero-order valence-corrected chi connectivity index (χ0v) is 31.8. The molecule has 282 valence electrons. The number of aromatic nitrogens is 1. The van der Waals surface area contributed by atoms with Crippen LogP contribution in [0.15, 0.2) is 36.4 Å². The molecule has 2 bridgehead atoms.